The third-order valence-electron chi connectivity index (χ3n) is 5.59. The minimum absolute atomic E-state index is 0.170. The van der Waals surface area contributed by atoms with Crippen molar-refractivity contribution < 1.29 is 9.90 Å². The maximum Gasteiger partial charge on any atom is 0.230 e. The number of nitrogens with two attached hydrogens (primary N) is 1. The number of nitrogen functional groups attached to an aromatic ring is 1. The van der Waals surface area contributed by atoms with Gasteiger partial charge in [0.25, 0.3) is 0 Å². The highest BCUT2D eigenvalue weighted by atomic mass is 16.3. The summed E-state index contributed by atoms with van der Waals surface area (Å²) < 4.78 is 0. The standard InChI is InChI=1S/C26H22N4O2/c27-19-9-12-21-18(15-19)8-13-22-25(21)30-24(17-4-2-1-3-5-17)26(28-22)29-23(32)14-16-6-10-20(31)11-7-16/h1-7,9-12,15,31H,8,13-14,27H2,(H,28,29,32). The van der Waals surface area contributed by atoms with E-state index in [1.165, 1.54) is 0 Å². The van der Waals surface area contributed by atoms with Gasteiger partial charge in [0, 0.05) is 16.8 Å². The van der Waals surface area contributed by atoms with Gasteiger partial charge in [-0.25, -0.2) is 9.97 Å². The number of aryl methyl sites for hydroxylation is 2. The molecule has 0 fully saturated rings. The monoisotopic (exact) mass is 422 g/mol. The third-order valence-corrected chi connectivity index (χ3v) is 5.59. The molecular weight excluding hydrogens is 400 g/mol. The molecule has 0 saturated carbocycles. The number of carbonyl (C=O) groups excluding carboxylic acids is 1. The number of carbonyl (C=O) groups is 1. The predicted octanol–water partition coefficient (Wildman–Crippen LogP) is 4.38. The molecule has 0 saturated heterocycles. The second-order valence-corrected chi connectivity index (χ2v) is 7.89. The average molecular weight is 422 g/mol. The number of benzene rings is 3. The molecule has 1 aromatic heterocycles. The average Bonchev–Trinajstić information content (AvgIpc) is 2.80. The first-order valence-electron chi connectivity index (χ1n) is 10.5. The van der Waals surface area contributed by atoms with Crippen LogP contribution in [-0.4, -0.2) is 21.0 Å². The zero-order valence-electron chi connectivity index (χ0n) is 17.4. The van der Waals surface area contributed by atoms with Crippen molar-refractivity contribution in [2.75, 3.05) is 11.1 Å². The first-order chi connectivity index (χ1) is 15.6. The summed E-state index contributed by atoms with van der Waals surface area (Å²) in [6.45, 7) is 0. The van der Waals surface area contributed by atoms with Gasteiger partial charge < -0.3 is 16.2 Å². The van der Waals surface area contributed by atoms with Gasteiger partial charge in [-0.05, 0) is 48.2 Å². The summed E-state index contributed by atoms with van der Waals surface area (Å²) in [6, 6.07) is 22.2. The van der Waals surface area contributed by atoms with Crippen LogP contribution in [0.1, 0.15) is 16.8 Å². The van der Waals surface area contributed by atoms with E-state index in [1.807, 2.05) is 48.5 Å². The molecule has 0 bridgehead atoms. The number of hydrogen-bond donors (Lipinski definition) is 3. The molecule has 1 amide bonds. The summed E-state index contributed by atoms with van der Waals surface area (Å²) in [4.78, 5) is 22.6. The summed E-state index contributed by atoms with van der Waals surface area (Å²) >= 11 is 0. The molecule has 1 aliphatic carbocycles. The number of aromatic nitrogens is 2. The van der Waals surface area contributed by atoms with Crippen LogP contribution in [0.3, 0.4) is 0 Å². The van der Waals surface area contributed by atoms with Gasteiger partial charge in [-0.1, -0.05) is 48.5 Å². The lowest BCUT2D eigenvalue weighted by Gasteiger charge is -2.21. The molecule has 4 N–H and O–H groups in total. The van der Waals surface area contributed by atoms with Crippen molar-refractivity contribution in [3.05, 3.63) is 89.6 Å². The molecule has 32 heavy (non-hydrogen) atoms. The van der Waals surface area contributed by atoms with Crippen molar-refractivity contribution in [1.29, 1.82) is 0 Å². The Morgan fingerprint density at radius 2 is 1.72 bits per heavy atom. The number of hydrogen-bond acceptors (Lipinski definition) is 5. The minimum atomic E-state index is -0.189. The molecule has 1 heterocycles. The van der Waals surface area contributed by atoms with Crippen molar-refractivity contribution in [1.82, 2.24) is 9.97 Å². The van der Waals surface area contributed by atoms with Gasteiger partial charge in [0.15, 0.2) is 5.82 Å². The van der Waals surface area contributed by atoms with Crippen LogP contribution in [0.15, 0.2) is 72.8 Å². The Kier molecular flexibility index (Phi) is 5.03. The normalized spacial score (nSPS) is 12.0. The quantitative estimate of drug-likeness (QED) is 0.424. The Bertz CT molecular complexity index is 1300. The van der Waals surface area contributed by atoms with Crippen LogP contribution in [0.2, 0.25) is 0 Å². The molecule has 0 unspecified atom stereocenters. The first kappa shape index (κ1) is 19.8. The minimum Gasteiger partial charge on any atom is -0.508 e. The lowest BCUT2D eigenvalue weighted by atomic mass is 9.91. The summed E-state index contributed by atoms with van der Waals surface area (Å²) in [5.41, 5.74) is 12.9. The Hall–Kier alpha value is -4.19. The van der Waals surface area contributed by atoms with Gasteiger partial charge in [0.05, 0.1) is 17.8 Å². The van der Waals surface area contributed by atoms with Gasteiger partial charge in [0.1, 0.15) is 11.4 Å². The number of phenols is 1. The molecule has 6 heteroatoms. The van der Waals surface area contributed by atoms with Crippen molar-refractivity contribution >= 4 is 17.4 Å². The molecule has 0 atom stereocenters. The van der Waals surface area contributed by atoms with E-state index in [1.54, 1.807) is 24.3 Å². The van der Waals surface area contributed by atoms with E-state index in [0.717, 1.165) is 52.2 Å². The van der Waals surface area contributed by atoms with Crippen LogP contribution >= 0.6 is 0 Å². The second kappa shape index (κ2) is 8.15. The summed E-state index contributed by atoms with van der Waals surface area (Å²) in [5.74, 6) is 0.437. The molecule has 3 aromatic carbocycles. The number of nitrogens with zero attached hydrogens (tertiary/aromatic N) is 2. The zero-order chi connectivity index (χ0) is 22.1. The summed E-state index contributed by atoms with van der Waals surface area (Å²) in [7, 11) is 0. The smallest absolute Gasteiger partial charge is 0.230 e. The number of nitrogens with one attached hydrogen (secondary N) is 1. The lowest BCUT2D eigenvalue weighted by Crippen LogP contribution is -2.19. The van der Waals surface area contributed by atoms with E-state index in [2.05, 4.69) is 5.32 Å². The molecular formula is C26H22N4O2. The Balaban J connectivity index is 1.54. The lowest BCUT2D eigenvalue weighted by molar-refractivity contribution is -0.115. The fourth-order valence-electron chi connectivity index (χ4n) is 4.02. The fourth-order valence-corrected chi connectivity index (χ4v) is 4.02. The Morgan fingerprint density at radius 3 is 2.50 bits per heavy atom. The number of aromatic hydroxyl groups is 1. The van der Waals surface area contributed by atoms with E-state index in [4.69, 9.17) is 15.7 Å². The molecule has 6 nitrogen and oxygen atoms in total. The summed E-state index contributed by atoms with van der Waals surface area (Å²) in [6.07, 6.45) is 1.73. The molecule has 1 aliphatic rings. The van der Waals surface area contributed by atoms with Crippen LogP contribution < -0.4 is 11.1 Å². The highest BCUT2D eigenvalue weighted by molar-refractivity contribution is 5.95. The van der Waals surface area contributed by atoms with Gasteiger partial charge >= 0.3 is 0 Å². The maximum absolute atomic E-state index is 12.8. The van der Waals surface area contributed by atoms with E-state index < -0.39 is 0 Å². The maximum atomic E-state index is 12.8. The topological polar surface area (TPSA) is 101 Å². The van der Waals surface area contributed by atoms with Crippen molar-refractivity contribution in [3.8, 4) is 28.3 Å². The number of amides is 1. The number of rotatable bonds is 4. The largest absolute Gasteiger partial charge is 0.508 e. The summed E-state index contributed by atoms with van der Waals surface area (Å²) in [5, 5.41) is 12.4. The van der Waals surface area contributed by atoms with Crippen molar-refractivity contribution in [2.45, 2.75) is 19.3 Å². The van der Waals surface area contributed by atoms with Gasteiger partial charge in [-0.2, -0.15) is 0 Å². The number of fused-ring (bicyclic) bond motifs is 3. The van der Waals surface area contributed by atoms with E-state index >= 15 is 0 Å². The third kappa shape index (κ3) is 3.90. The predicted molar refractivity (Wildman–Crippen MR) is 125 cm³/mol. The molecule has 0 radical (unpaired) electrons. The van der Waals surface area contributed by atoms with Crippen LogP contribution in [0.5, 0.6) is 5.75 Å². The van der Waals surface area contributed by atoms with E-state index in [9.17, 15) is 9.90 Å². The van der Waals surface area contributed by atoms with Crippen LogP contribution in [0.25, 0.3) is 22.5 Å². The highest BCUT2D eigenvalue weighted by Crippen LogP contribution is 2.36. The van der Waals surface area contributed by atoms with Gasteiger partial charge in [-0.15, -0.1) is 0 Å². The van der Waals surface area contributed by atoms with Crippen LogP contribution in [-0.2, 0) is 24.1 Å². The first-order valence-corrected chi connectivity index (χ1v) is 10.5. The van der Waals surface area contributed by atoms with E-state index in [-0.39, 0.29) is 18.1 Å². The zero-order valence-corrected chi connectivity index (χ0v) is 17.4. The number of phenolic OH excluding ortho intramolecular Hbond substituents is 1. The second-order valence-electron chi connectivity index (χ2n) is 7.89. The molecule has 0 spiro atoms. The Labute approximate surface area is 185 Å². The van der Waals surface area contributed by atoms with E-state index in [0.29, 0.717) is 11.5 Å². The van der Waals surface area contributed by atoms with Crippen LogP contribution in [0.4, 0.5) is 11.5 Å². The van der Waals surface area contributed by atoms with Gasteiger partial charge in [0.2, 0.25) is 5.91 Å². The molecule has 4 aromatic rings. The molecule has 158 valence electrons. The Morgan fingerprint density at radius 1 is 0.938 bits per heavy atom. The number of anilines is 2. The van der Waals surface area contributed by atoms with Crippen LogP contribution in [0, 0.1) is 0 Å². The fraction of sp³-hybridized carbons (Fsp3) is 0.115. The molecule has 0 aliphatic heterocycles. The van der Waals surface area contributed by atoms with Crippen molar-refractivity contribution in [2.24, 2.45) is 0 Å². The molecule has 5 rings (SSSR count). The highest BCUT2D eigenvalue weighted by Gasteiger charge is 2.23. The van der Waals surface area contributed by atoms with Crippen molar-refractivity contribution in [3.63, 3.8) is 0 Å². The van der Waals surface area contributed by atoms with Gasteiger partial charge in [-0.3, -0.25) is 4.79 Å². The SMILES string of the molecule is Nc1ccc2c(c1)CCc1nc(NC(=O)Cc3ccc(O)cc3)c(-c3ccccc3)nc1-2.